The zero-order valence-corrected chi connectivity index (χ0v) is 8.86. The van der Waals surface area contributed by atoms with Crippen molar-refractivity contribution in [1.82, 2.24) is 0 Å². The zero-order valence-electron chi connectivity index (χ0n) is 8.86. The molecule has 14 heavy (non-hydrogen) atoms. The standard InChI is InChI=1S/C9H16O5/c1-5-13-7(11)9(4,14-6-10)8(2,3)12/h6,12H,5H2,1-4H3. The highest BCUT2D eigenvalue weighted by molar-refractivity contribution is 5.82. The maximum atomic E-state index is 11.4. The van der Waals surface area contributed by atoms with Gasteiger partial charge in [-0.15, -0.1) is 0 Å². The normalized spacial score (nSPS) is 15.5. The first kappa shape index (κ1) is 12.9. The molecule has 0 bridgehead atoms. The molecule has 0 aliphatic heterocycles. The predicted octanol–water partition coefficient (Wildman–Crippen LogP) is 0.252. The van der Waals surface area contributed by atoms with E-state index in [4.69, 9.17) is 4.74 Å². The van der Waals surface area contributed by atoms with Crippen LogP contribution < -0.4 is 0 Å². The van der Waals surface area contributed by atoms with E-state index in [1.165, 1.54) is 20.8 Å². The fourth-order valence-electron chi connectivity index (χ4n) is 0.807. The van der Waals surface area contributed by atoms with Crippen molar-refractivity contribution in [1.29, 1.82) is 0 Å². The summed E-state index contributed by atoms with van der Waals surface area (Å²) in [6, 6.07) is 0. The van der Waals surface area contributed by atoms with Gasteiger partial charge in [-0.1, -0.05) is 0 Å². The molecule has 0 heterocycles. The van der Waals surface area contributed by atoms with Crippen LogP contribution in [-0.2, 0) is 19.1 Å². The summed E-state index contributed by atoms with van der Waals surface area (Å²) in [5, 5.41) is 9.68. The summed E-state index contributed by atoms with van der Waals surface area (Å²) in [5.41, 5.74) is -3.18. The van der Waals surface area contributed by atoms with Gasteiger partial charge >= 0.3 is 5.97 Å². The number of esters is 1. The first-order valence-electron chi connectivity index (χ1n) is 4.30. The second-order valence-electron chi connectivity index (χ2n) is 3.53. The molecule has 0 saturated heterocycles. The largest absolute Gasteiger partial charge is 0.463 e. The van der Waals surface area contributed by atoms with Crippen LogP contribution >= 0.6 is 0 Å². The third-order valence-electron chi connectivity index (χ3n) is 2.12. The lowest BCUT2D eigenvalue weighted by Crippen LogP contribution is -2.56. The molecule has 0 aliphatic carbocycles. The molecule has 0 spiro atoms. The molecule has 0 radical (unpaired) electrons. The number of rotatable bonds is 5. The maximum absolute atomic E-state index is 11.4. The van der Waals surface area contributed by atoms with E-state index in [-0.39, 0.29) is 13.1 Å². The summed E-state index contributed by atoms with van der Waals surface area (Å²) in [6.07, 6.45) is 0. The third-order valence-corrected chi connectivity index (χ3v) is 2.12. The molecule has 1 unspecified atom stereocenters. The molecule has 0 fully saturated rings. The number of hydrogen-bond acceptors (Lipinski definition) is 5. The van der Waals surface area contributed by atoms with Gasteiger partial charge in [0, 0.05) is 0 Å². The van der Waals surface area contributed by atoms with Crippen LogP contribution in [0.1, 0.15) is 27.7 Å². The van der Waals surface area contributed by atoms with E-state index >= 15 is 0 Å². The van der Waals surface area contributed by atoms with Crippen molar-refractivity contribution in [2.24, 2.45) is 0 Å². The van der Waals surface area contributed by atoms with E-state index in [9.17, 15) is 14.7 Å². The highest BCUT2D eigenvalue weighted by Crippen LogP contribution is 2.26. The number of aliphatic hydroxyl groups is 1. The second-order valence-corrected chi connectivity index (χ2v) is 3.53. The van der Waals surface area contributed by atoms with Gasteiger partial charge in [0.25, 0.3) is 6.47 Å². The van der Waals surface area contributed by atoms with E-state index in [1.54, 1.807) is 6.92 Å². The van der Waals surface area contributed by atoms with Crippen LogP contribution in [-0.4, -0.2) is 35.4 Å². The highest BCUT2D eigenvalue weighted by Gasteiger charge is 2.50. The molecule has 5 heteroatoms. The Balaban J connectivity index is 4.89. The SMILES string of the molecule is CCOC(=O)C(C)(OC=O)C(C)(C)O. The van der Waals surface area contributed by atoms with E-state index < -0.39 is 17.2 Å². The Kier molecular flexibility index (Phi) is 4.07. The van der Waals surface area contributed by atoms with Crippen LogP contribution in [0.4, 0.5) is 0 Å². The lowest BCUT2D eigenvalue weighted by Gasteiger charge is -2.35. The Morgan fingerprint density at radius 1 is 1.43 bits per heavy atom. The number of ether oxygens (including phenoxy) is 2. The Morgan fingerprint density at radius 2 is 1.93 bits per heavy atom. The molecule has 1 N–H and O–H groups in total. The molecule has 0 aliphatic rings. The summed E-state index contributed by atoms with van der Waals surface area (Å²) in [6.45, 7) is 5.95. The Hall–Kier alpha value is -1.10. The van der Waals surface area contributed by atoms with Crippen molar-refractivity contribution >= 4 is 12.4 Å². The van der Waals surface area contributed by atoms with Gasteiger partial charge in [0.2, 0.25) is 5.60 Å². The van der Waals surface area contributed by atoms with Gasteiger partial charge in [0.05, 0.1) is 6.61 Å². The summed E-state index contributed by atoms with van der Waals surface area (Å²) >= 11 is 0. The van der Waals surface area contributed by atoms with Crippen molar-refractivity contribution in [2.75, 3.05) is 6.61 Å². The van der Waals surface area contributed by atoms with Crippen molar-refractivity contribution in [2.45, 2.75) is 38.9 Å². The van der Waals surface area contributed by atoms with Crippen molar-refractivity contribution in [3.05, 3.63) is 0 Å². The first-order valence-corrected chi connectivity index (χ1v) is 4.30. The molecule has 1 atom stereocenters. The Morgan fingerprint density at radius 3 is 2.21 bits per heavy atom. The summed E-state index contributed by atoms with van der Waals surface area (Å²) < 4.78 is 9.31. The Bertz CT molecular complexity index is 218. The van der Waals surface area contributed by atoms with Crippen LogP contribution in [0.3, 0.4) is 0 Å². The molecule has 5 nitrogen and oxygen atoms in total. The minimum Gasteiger partial charge on any atom is -0.463 e. The summed E-state index contributed by atoms with van der Waals surface area (Å²) in [4.78, 5) is 21.7. The molecule has 0 aromatic carbocycles. The fourth-order valence-corrected chi connectivity index (χ4v) is 0.807. The summed E-state index contributed by atoms with van der Waals surface area (Å²) in [5.74, 6) is -0.764. The second kappa shape index (κ2) is 4.41. The predicted molar refractivity (Wildman–Crippen MR) is 48.5 cm³/mol. The molecule has 0 aromatic rings. The van der Waals surface area contributed by atoms with Gasteiger partial charge in [0.15, 0.2) is 0 Å². The smallest absolute Gasteiger partial charge is 0.353 e. The van der Waals surface area contributed by atoms with Gasteiger partial charge < -0.3 is 14.6 Å². The molecule has 0 aromatic heterocycles. The lowest BCUT2D eigenvalue weighted by molar-refractivity contribution is -0.198. The van der Waals surface area contributed by atoms with Crippen molar-refractivity contribution in [3.63, 3.8) is 0 Å². The quantitative estimate of drug-likeness (QED) is 0.513. The van der Waals surface area contributed by atoms with Crippen LogP contribution in [0.25, 0.3) is 0 Å². The molecule has 0 amide bonds. The van der Waals surface area contributed by atoms with Crippen LogP contribution in [0.2, 0.25) is 0 Å². The topological polar surface area (TPSA) is 72.8 Å². The summed E-state index contributed by atoms with van der Waals surface area (Å²) in [7, 11) is 0. The lowest BCUT2D eigenvalue weighted by atomic mass is 9.87. The van der Waals surface area contributed by atoms with Gasteiger partial charge in [-0.05, 0) is 27.7 Å². The van der Waals surface area contributed by atoms with Gasteiger partial charge in [-0.25, -0.2) is 4.79 Å². The monoisotopic (exact) mass is 204 g/mol. The fraction of sp³-hybridized carbons (Fsp3) is 0.778. The van der Waals surface area contributed by atoms with Gasteiger partial charge in [-0.2, -0.15) is 0 Å². The molecule has 82 valence electrons. The highest BCUT2D eigenvalue weighted by atomic mass is 16.6. The molecule has 0 rings (SSSR count). The minimum absolute atomic E-state index is 0.120. The average molecular weight is 204 g/mol. The van der Waals surface area contributed by atoms with Crippen LogP contribution in [0, 0.1) is 0 Å². The van der Waals surface area contributed by atoms with E-state index in [0.29, 0.717) is 0 Å². The zero-order chi connectivity index (χ0) is 11.4. The average Bonchev–Trinajstić information content (AvgIpc) is 2.03. The van der Waals surface area contributed by atoms with E-state index in [1.807, 2.05) is 0 Å². The first-order chi connectivity index (χ1) is 6.29. The van der Waals surface area contributed by atoms with E-state index in [0.717, 1.165) is 0 Å². The van der Waals surface area contributed by atoms with Crippen molar-refractivity contribution in [3.8, 4) is 0 Å². The Labute approximate surface area is 83.0 Å². The van der Waals surface area contributed by atoms with Gasteiger partial charge in [-0.3, -0.25) is 4.79 Å². The van der Waals surface area contributed by atoms with Crippen LogP contribution in [0.15, 0.2) is 0 Å². The maximum Gasteiger partial charge on any atom is 0.353 e. The molecular weight excluding hydrogens is 188 g/mol. The molecule has 0 saturated carbocycles. The minimum atomic E-state index is -1.68. The van der Waals surface area contributed by atoms with E-state index in [2.05, 4.69) is 4.74 Å². The number of carbonyl (C=O) groups is 2. The number of carbonyl (C=O) groups excluding carboxylic acids is 2. The van der Waals surface area contributed by atoms with Crippen molar-refractivity contribution < 1.29 is 24.2 Å². The molecular formula is C9H16O5. The van der Waals surface area contributed by atoms with Gasteiger partial charge in [0.1, 0.15) is 5.60 Å². The third kappa shape index (κ3) is 2.45. The number of hydrogen-bond donors (Lipinski definition) is 1. The van der Waals surface area contributed by atoms with Crippen LogP contribution in [0.5, 0.6) is 0 Å².